The van der Waals surface area contributed by atoms with Crippen molar-refractivity contribution in [2.24, 2.45) is 5.92 Å². The number of rotatable bonds is 8. The molecule has 146 valence electrons. The topological polar surface area (TPSA) is 60.0 Å². The van der Waals surface area contributed by atoms with Gasteiger partial charge in [-0.15, -0.1) is 0 Å². The lowest BCUT2D eigenvalue weighted by Crippen LogP contribution is -2.48. The molecule has 0 radical (unpaired) electrons. The lowest BCUT2D eigenvalue weighted by Gasteiger charge is -2.33. The molecule has 1 aromatic rings. The highest BCUT2D eigenvalue weighted by molar-refractivity contribution is 9.10. The molecule has 0 saturated carbocycles. The Balaban J connectivity index is 1.96. The molecule has 1 fully saturated rings. The van der Waals surface area contributed by atoms with E-state index in [0.29, 0.717) is 47.2 Å². The van der Waals surface area contributed by atoms with E-state index < -0.39 is 0 Å². The number of carbonyl (C=O) groups excluding carboxylic acids is 1. The highest BCUT2D eigenvalue weighted by Gasteiger charge is 2.22. The highest BCUT2D eigenvalue weighted by Crippen LogP contribution is 2.36. The Labute approximate surface area is 164 Å². The minimum absolute atomic E-state index is 0.0134. The third kappa shape index (κ3) is 5.86. The Kier molecular flexibility index (Phi) is 8.18. The van der Waals surface area contributed by atoms with Crippen molar-refractivity contribution in [3.05, 3.63) is 22.2 Å². The van der Waals surface area contributed by atoms with Crippen LogP contribution in [0.4, 0.5) is 0 Å². The quantitative estimate of drug-likeness (QED) is 0.689. The van der Waals surface area contributed by atoms with E-state index in [2.05, 4.69) is 40.0 Å². The summed E-state index contributed by atoms with van der Waals surface area (Å²) in [6, 6.07) is 3.44. The van der Waals surface area contributed by atoms with E-state index in [1.807, 2.05) is 6.92 Å². The molecule has 0 bridgehead atoms. The average Bonchev–Trinajstić information content (AvgIpc) is 2.61. The second-order valence-electron chi connectivity index (χ2n) is 6.78. The van der Waals surface area contributed by atoms with Gasteiger partial charge in [0.2, 0.25) is 0 Å². The molecular formula is C19H29BrN2O4. The first-order valence-electron chi connectivity index (χ1n) is 9.07. The first-order valence-corrected chi connectivity index (χ1v) is 9.86. The van der Waals surface area contributed by atoms with E-state index in [-0.39, 0.29) is 12.0 Å². The molecule has 7 heteroatoms. The predicted molar refractivity (Wildman–Crippen MR) is 105 cm³/mol. The summed E-state index contributed by atoms with van der Waals surface area (Å²) in [6.07, 6.45) is 0.0134. The summed E-state index contributed by atoms with van der Waals surface area (Å²) < 4.78 is 17.4. The molecule has 2 rings (SSSR count). The lowest BCUT2D eigenvalue weighted by molar-refractivity contribution is -0.0295. The van der Waals surface area contributed by atoms with Crippen molar-refractivity contribution < 1.29 is 19.0 Å². The maximum atomic E-state index is 12.5. The Bertz CT molecular complexity index is 609. The van der Waals surface area contributed by atoms with Crippen molar-refractivity contribution in [3.63, 3.8) is 0 Å². The second-order valence-corrected chi connectivity index (χ2v) is 7.63. The predicted octanol–water partition coefficient (Wildman–Crippen LogP) is 2.94. The van der Waals surface area contributed by atoms with Gasteiger partial charge in [-0.1, -0.05) is 13.8 Å². The number of benzene rings is 1. The molecule has 1 aliphatic rings. The van der Waals surface area contributed by atoms with Gasteiger partial charge in [0, 0.05) is 31.7 Å². The van der Waals surface area contributed by atoms with E-state index in [9.17, 15) is 4.79 Å². The molecule has 0 spiro atoms. The van der Waals surface area contributed by atoms with Crippen LogP contribution in [0, 0.1) is 5.92 Å². The van der Waals surface area contributed by atoms with Crippen molar-refractivity contribution >= 4 is 21.8 Å². The van der Waals surface area contributed by atoms with Crippen molar-refractivity contribution in [3.8, 4) is 11.5 Å². The van der Waals surface area contributed by atoms with Crippen molar-refractivity contribution in [2.45, 2.75) is 26.9 Å². The van der Waals surface area contributed by atoms with Crippen LogP contribution in [0.1, 0.15) is 31.1 Å². The summed E-state index contributed by atoms with van der Waals surface area (Å²) in [4.78, 5) is 14.9. The van der Waals surface area contributed by atoms with Crippen LogP contribution in [-0.2, 0) is 4.74 Å². The molecule has 1 atom stereocenters. The van der Waals surface area contributed by atoms with Crippen molar-refractivity contribution in [1.29, 1.82) is 0 Å². The molecule has 0 aliphatic carbocycles. The SMILES string of the molecule is CCOc1c(Br)cc(C(=O)NCC2CN(CC(C)C)CCO2)cc1OC. The maximum Gasteiger partial charge on any atom is 0.251 e. The van der Waals surface area contributed by atoms with Crippen LogP contribution in [0.5, 0.6) is 11.5 Å². The lowest BCUT2D eigenvalue weighted by atomic mass is 10.1. The van der Waals surface area contributed by atoms with Crippen LogP contribution in [0.2, 0.25) is 0 Å². The van der Waals surface area contributed by atoms with Crippen LogP contribution in [-0.4, -0.2) is 63.4 Å². The van der Waals surface area contributed by atoms with Gasteiger partial charge in [-0.3, -0.25) is 9.69 Å². The van der Waals surface area contributed by atoms with Gasteiger partial charge in [-0.25, -0.2) is 0 Å². The molecule has 1 amide bonds. The Morgan fingerprint density at radius 2 is 2.23 bits per heavy atom. The maximum absolute atomic E-state index is 12.5. The summed E-state index contributed by atoms with van der Waals surface area (Å²) in [7, 11) is 1.56. The summed E-state index contributed by atoms with van der Waals surface area (Å²) in [5.74, 6) is 1.60. The molecule has 6 nitrogen and oxygen atoms in total. The molecule has 1 saturated heterocycles. The Morgan fingerprint density at radius 1 is 1.46 bits per heavy atom. The number of amides is 1. The van der Waals surface area contributed by atoms with Crippen LogP contribution in [0.25, 0.3) is 0 Å². The van der Waals surface area contributed by atoms with Crippen LogP contribution < -0.4 is 14.8 Å². The summed E-state index contributed by atoms with van der Waals surface area (Å²) in [6.45, 7) is 10.9. The number of carbonyl (C=O) groups is 1. The summed E-state index contributed by atoms with van der Waals surface area (Å²) in [5, 5.41) is 2.96. The van der Waals surface area contributed by atoms with Gasteiger partial charge in [0.05, 0.1) is 30.9 Å². The molecule has 1 unspecified atom stereocenters. The first-order chi connectivity index (χ1) is 12.4. The van der Waals surface area contributed by atoms with Gasteiger partial charge in [0.15, 0.2) is 11.5 Å². The fraction of sp³-hybridized carbons (Fsp3) is 0.632. The minimum atomic E-state index is -0.156. The van der Waals surface area contributed by atoms with Crippen LogP contribution in [0.15, 0.2) is 16.6 Å². The molecule has 26 heavy (non-hydrogen) atoms. The number of nitrogens with zero attached hydrogens (tertiary/aromatic N) is 1. The average molecular weight is 429 g/mol. The summed E-state index contributed by atoms with van der Waals surface area (Å²) in [5.41, 5.74) is 0.520. The van der Waals surface area contributed by atoms with Crippen molar-refractivity contribution in [2.75, 3.05) is 46.5 Å². The monoisotopic (exact) mass is 428 g/mol. The zero-order chi connectivity index (χ0) is 19.1. The number of hydrogen-bond donors (Lipinski definition) is 1. The molecule has 1 N–H and O–H groups in total. The molecule has 0 aromatic heterocycles. The highest BCUT2D eigenvalue weighted by atomic mass is 79.9. The van der Waals surface area contributed by atoms with Crippen LogP contribution >= 0.6 is 15.9 Å². The van der Waals surface area contributed by atoms with Gasteiger partial charge < -0.3 is 19.5 Å². The number of methoxy groups -OCH3 is 1. The van der Waals surface area contributed by atoms with Gasteiger partial charge in [0.25, 0.3) is 5.91 Å². The van der Waals surface area contributed by atoms with Gasteiger partial charge >= 0.3 is 0 Å². The number of hydrogen-bond acceptors (Lipinski definition) is 5. The van der Waals surface area contributed by atoms with Crippen LogP contribution in [0.3, 0.4) is 0 Å². The van der Waals surface area contributed by atoms with Gasteiger partial charge in [-0.05, 0) is 40.9 Å². The standard InChI is InChI=1S/C19H29BrN2O4/c1-5-25-18-16(20)8-14(9-17(18)24-4)19(23)21-10-15-12-22(6-7-26-15)11-13(2)3/h8-9,13,15H,5-7,10-12H2,1-4H3,(H,21,23). The van der Waals surface area contributed by atoms with Gasteiger partial charge in [-0.2, -0.15) is 0 Å². The number of halogens is 1. The van der Waals surface area contributed by atoms with E-state index in [0.717, 1.165) is 19.6 Å². The number of morpholine rings is 1. The third-order valence-electron chi connectivity index (χ3n) is 4.12. The zero-order valence-electron chi connectivity index (χ0n) is 16.0. The normalized spacial score (nSPS) is 18.0. The minimum Gasteiger partial charge on any atom is -0.493 e. The van der Waals surface area contributed by atoms with E-state index in [4.69, 9.17) is 14.2 Å². The molecule has 1 aromatic carbocycles. The molecule has 1 aliphatic heterocycles. The van der Waals surface area contributed by atoms with E-state index >= 15 is 0 Å². The number of ether oxygens (including phenoxy) is 3. The largest absolute Gasteiger partial charge is 0.493 e. The van der Waals surface area contributed by atoms with E-state index in [1.54, 1.807) is 19.2 Å². The molecular weight excluding hydrogens is 400 g/mol. The Morgan fingerprint density at radius 3 is 2.88 bits per heavy atom. The fourth-order valence-electron chi connectivity index (χ4n) is 3.03. The third-order valence-corrected chi connectivity index (χ3v) is 4.71. The van der Waals surface area contributed by atoms with Gasteiger partial charge in [0.1, 0.15) is 0 Å². The second kappa shape index (κ2) is 10.1. The Hall–Kier alpha value is -1.31. The van der Waals surface area contributed by atoms with Crippen molar-refractivity contribution in [1.82, 2.24) is 10.2 Å². The summed E-state index contributed by atoms with van der Waals surface area (Å²) >= 11 is 3.45. The first kappa shape index (κ1) is 21.0. The molecule has 1 heterocycles. The zero-order valence-corrected chi connectivity index (χ0v) is 17.6. The fourth-order valence-corrected chi connectivity index (χ4v) is 3.59. The number of nitrogens with one attached hydrogen (secondary N) is 1. The van der Waals surface area contributed by atoms with E-state index in [1.165, 1.54) is 0 Å². The smallest absolute Gasteiger partial charge is 0.251 e.